The van der Waals surface area contributed by atoms with Gasteiger partial charge in [-0.15, -0.1) is 16.4 Å². The van der Waals surface area contributed by atoms with Crippen LogP contribution in [0.3, 0.4) is 0 Å². The van der Waals surface area contributed by atoms with Gasteiger partial charge < -0.3 is 4.74 Å². The van der Waals surface area contributed by atoms with Gasteiger partial charge in [0.2, 0.25) is 5.16 Å². The fourth-order valence-corrected chi connectivity index (χ4v) is 4.79. The van der Waals surface area contributed by atoms with Crippen LogP contribution in [0.4, 0.5) is 0 Å². The first-order chi connectivity index (χ1) is 13.7. The molecule has 0 N–H and O–H groups in total. The molecule has 0 aliphatic carbocycles. The molecule has 0 aliphatic heterocycles. The number of hydrogen-bond donors (Lipinski definition) is 0. The third-order valence-electron chi connectivity index (χ3n) is 4.08. The highest BCUT2D eigenvalue weighted by molar-refractivity contribution is 9.10. The summed E-state index contributed by atoms with van der Waals surface area (Å²) in [5.74, 6) is 1.49. The van der Waals surface area contributed by atoms with Crippen molar-refractivity contribution in [2.24, 2.45) is 0 Å². The Labute approximate surface area is 179 Å². The number of hydrogen-bond acceptors (Lipinski definition) is 7. The molecule has 9 heteroatoms. The number of thioether (sulfide) groups is 1. The summed E-state index contributed by atoms with van der Waals surface area (Å²) < 4.78 is 8.23. The van der Waals surface area contributed by atoms with E-state index in [1.165, 1.54) is 0 Å². The summed E-state index contributed by atoms with van der Waals surface area (Å²) >= 11 is 6.67. The van der Waals surface area contributed by atoms with E-state index < -0.39 is 0 Å². The number of ether oxygens (including phenoxy) is 1. The standard InChI is InChI=1S/C19H16BrN5OS2/c1-12-5-3-4-6-16(12)25-19(22-23-24-25)28-11-14-10-27-18(21-14)15-9-13(20)7-8-17(15)26-2/h3-10H,11H2,1-2H3. The van der Waals surface area contributed by atoms with E-state index in [2.05, 4.69) is 36.8 Å². The van der Waals surface area contributed by atoms with Crippen LogP contribution in [0.2, 0.25) is 0 Å². The van der Waals surface area contributed by atoms with Gasteiger partial charge in [-0.3, -0.25) is 0 Å². The van der Waals surface area contributed by atoms with Crippen LogP contribution in [0.1, 0.15) is 11.3 Å². The van der Waals surface area contributed by atoms with Crippen LogP contribution in [-0.2, 0) is 5.75 Å². The molecule has 0 radical (unpaired) electrons. The van der Waals surface area contributed by atoms with E-state index in [0.717, 1.165) is 42.9 Å². The average molecular weight is 474 g/mol. The number of benzene rings is 2. The molecule has 0 atom stereocenters. The highest BCUT2D eigenvalue weighted by atomic mass is 79.9. The van der Waals surface area contributed by atoms with Gasteiger partial charge in [0.05, 0.1) is 24.1 Å². The highest BCUT2D eigenvalue weighted by Crippen LogP contribution is 2.35. The van der Waals surface area contributed by atoms with Crippen molar-refractivity contribution in [1.82, 2.24) is 25.2 Å². The summed E-state index contributed by atoms with van der Waals surface area (Å²) in [6.45, 7) is 2.05. The van der Waals surface area contributed by atoms with Gasteiger partial charge in [0.25, 0.3) is 0 Å². The maximum atomic E-state index is 5.47. The van der Waals surface area contributed by atoms with Crippen molar-refractivity contribution in [1.29, 1.82) is 0 Å². The smallest absolute Gasteiger partial charge is 0.214 e. The van der Waals surface area contributed by atoms with Crippen molar-refractivity contribution >= 4 is 39.0 Å². The highest BCUT2D eigenvalue weighted by Gasteiger charge is 2.14. The molecular weight excluding hydrogens is 458 g/mol. The largest absolute Gasteiger partial charge is 0.496 e. The Balaban J connectivity index is 1.54. The average Bonchev–Trinajstić information content (AvgIpc) is 3.36. The molecule has 0 amide bonds. The lowest BCUT2D eigenvalue weighted by Gasteiger charge is -2.07. The van der Waals surface area contributed by atoms with Crippen LogP contribution in [0.5, 0.6) is 5.75 Å². The lowest BCUT2D eigenvalue weighted by Crippen LogP contribution is -2.01. The van der Waals surface area contributed by atoms with Gasteiger partial charge in [-0.25, -0.2) is 4.98 Å². The van der Waals surface area contributed by atoms with Gasteiger partial charge >= 0.3 is 0 Å². The zero-order chi connectivity index (χ0) is 19.5. The van der Waals surface area contributed by atoms with E-state index in [1.807, 2.05) is 49.4 Å². The SMILES string of the molecule is COc1ccc(Br)cc1-c1nc(CSc2nnnn2-c2ccccc2C)cs1. The quantitative estimate of drug-likeness (QED) is 0.360. The predicted octanol–water partition coefficient (Wildman–Crippen LogP) is 5.16. The van der Waals surface area contributed by atoms with E-state index in [4.69, 9.17) is 9.72 Å². The normalized spacial score (nSPS) is 11.0. The third kappa shape index (κ3) is 3.96. The molecule has 0 fully saturated rings. The summed E-state index contributed by atoms with van der Waals surface area (Å²) in [6, 6.07) is 14.0. The lowest BCUT2D eigenvalue weighted by molar-refractivity contribution is 0.416. The van der Waals surface area contributed by atoms with Gasteiger partial charge in [-0.2, -0.15) is 4.68 Å². The third-order valence-corrected chi connectivity index (χ3v) is 6.45. The molecule has 2 aromatic heterocycles. The van der Waals surface area contributed by atoms with Crippen LogP contribution < -0.4 is 4.74 Å². The molecule has 0 unspecified atom stereocenters. The molecule has 0 saturated carbocycles. The number of thiazole rings is 1. The minimum absolute atomic E-state index is 0.680. The van der Waals surface area contributed by atoms with E-state index in [1.54, 1.807) is 34.9 Å². The number of para-hydroxylation sites is 1. The molecular formula is C19H16BrN5OS2. The second-order valence-corrected chi connectivity index (χ2v) is 8.65. The number of methoxy groups -OCH3 is 1. The molecule has 28 heavy (non-hydrogen) atoms. The van der Waals surface area contributed by atoms with Crippen LogP contribution in [0.25, 0.3) is 16.3 Å². The number of halogens is 1. The Morgan fingerprint density at radius 3 is 2.89 bits per heavy atom. The Hall–Kier alpha value is -2.23. The second kappa shape index (κ2) is 8.42. The first kappa shape index (κ1) is 19.1. The fourth-order valence-electron chi connectivity index (χ4n) is 2.70. The van der Waals surface area contributed by atoms with Crippen molar-refractivity contribution in [3.63, 3.8) is 0 Å². The monoisotopic (exact) mass is 473 g/mol. The Morgan fingerprint density at radius 2 is 2.07 bits per heavy atom. The first-order valence-electron chi connectivity index (χ1n) is 8.41. The zero-order valence-electron chi connectivity index (χ0n) is 15.2. The van der Waals surface area contributed by atoms with Crippen LogP contribution >= 0.6 is 39.0 Å². The Bertz CT molecular complexity index is 1110. The van der Waals surface area contributed by atoms with E-state index in [0.29, 0.717) is 5.75 Å². The maximum Gasteiger partial charge on any atom is 0.214 e. The molecule has 2 aromatic carbocycles. The zero-order valence-corrected chi connectivity index (χ0v) is 18.4. The van der Waals surface area contributed by atoms with Crippen molar-refractivity contribution < 1.29 is 4.74 Å². The summed E-state index contributed by atoms with van der Waals surface area (Å²) in [5, 5.41) is 15.9. The van der Waals surface area contributed by atoms with Crippen LogP contribution in [0.15, 0.2) is 57.5 Å². The number of tetrazole rings is 1. The molecule has 0 bridgehead atoms. The number of nitrogens with zero attached hydrogens (tertiary/aromatic N) is 5. The first-order valence-corrected chi connectivity index (χ1v) is 11.1. The molecule has 0 spiro atoms. The maximum absolute atomic E-state index is 5.47. The minimum Gasteiger partial charge on any atom is -0.496 e. The summed E-state index contributed by atoms with van der Waals surface area (Å²) in [5.41, 5.74) is 4.05. The molecule has 142 valence electrons. The second-order valence-electron chi connectivity index (χ2n) is 5.94. The minimum atomic E-state index is 0.680. The molecule has 4 aromatic rings. The fraction of sp³-hybridized carbons (Fsp3) is 0.158. The van der Waals surface area contributed by atoms with E-state index in [9.17, 15) is 0 Å². The number of aromatic nitrogens is 5. The van der Waals surface area contributed by atoms with Crippen LogP contribution in [-0.4, -0.2) is 32.3 Å². The number of aryl methyl sites for hydroxylation is 1. The molecule has 4 rings (SSSR count). The van der Waals surface area contributed by atoms with Gasteiger partial charge in [0.15, 0.2) is 0 Å². The Morgan fingerprint density at radius 1 is 1.21 bits per heavy atom. The Kier molecular flexibility index (Phi) is 5.74. The summed E-state index contributed by atoms with van der Waals surface area (Å²) in [7, 11) is 1.67. The van der Waals surface area contributed by atoms with Gasteiger partial charge in [-0.1, -0.05) is 45.9 Å². The topological polar surface area (TPSA) is 65.7 Å². The molecule has 2 heterocycles. The summed E-state index contributed by atoms with van der Waals surface area (Å²) in [6.07, 6.45) is 0. The van der Waals surface area contributed by atoms with Crippen molar-refractivity contribution in [2.75, 3.05) is 7.11 Å². The van der Waals surface area contributed by atoms with E-state index in [-0.39, 0.29) is 0 Å². The van der Waals surface area contributed by atoms with Gasteiger partial charge in [0, 0.05) is 15.6 Å². The summed E-state index contributed by atoms with van der Waals surface area (Å²) in [4.78, 5) is 4.77. The molecule has 6 nitrogen and oxygen atoms in total. The van der Waals surface area contributed by atoms with Gasteiger partial charge in [0.1, 0.15) is 10.8 Å². The van der Waals surface area contributed by atoms with Crippen LogP contribution in [0, 0.1) is 6.92 Å². The van der Waals surface area contributed by atoms with Gasteiger partial charge in [-0.05, 0) is 47.2 Å². The molecule has 0 aliphatic rings. The lowest BCUT2D eigenvalue weighted by atomic mass is 10.2. The number of rotatable bonds is 6. The molecule has 0 saturated heterocycles. The van der Waals surface area contributed by atoms with Crippen molar-refractivity contribution in [2.45, 2.75) is 17.8 Å². The van der Waals surface area contributed by atoms with Crippen molar-refractivity contribution in [3.05, 3.63) is 63.6 Å². The predicted molar refractivity (Wildman–Crippen MR) is 115 cm³/mol. The van der Waals surface area contributed by atoms with Crippen molar-refractivity contribution in [3.8, 4) is 22.0 Å². The van der Waals surface area contributed by atoms with E-state index >= 15 is 0 Å².